The van der Waals surface area contributed by atoms with Crippen molar-refractivity contribution in [1.29, 1.82) is 0 Å². The number of H-pyrrole nitrogens is 2. The predicted molar refractivity (Wildman–Crippen MR) is 152 cm³/mol. The number of allylic oxidation sites excluding steroid dienone is 4. The van der Waals surface area contributed by atoms with E-state index in [4.69, 9.17) is 6.42 Å². The molecule has 2 aromatic rings. The first-order valence-electron chi connectivity index (χ1n) is 14.9. The van der Waals surface area contributed by atoms with Crippen LogP contribution in [0.4, 0.5) is 0 Å². The summed E-state index contributed by atoms with van der Waals surface area (Å²) in [7, 11) is 0. The van der Waals surface area contributed by atoms with E-state index >= 15 is 0 Å². The Labute approximate surface area is 243 Å². The lowest BCUT2D eigenvalue weighted by atomic mass is 9.34. The van der Waals surface area contributed by atoms with Gasteiger partial charge in [0.1, 0.15) is 0 Å². The van der Waals surface area contributed by atoms with Crippen LogP contribution in [0, 0.1) is 54.8 Å². The summed E-state index contributed by atoms with van der Waals surface area (Å²) in [6, 6.07) is 0. The van der Waals surface area contributed by atoms with Crippen LogP contribution in [0.15, 0.2) is 35.9 Å². The number of carbonyl (C=O) groups is 4. The molecule has 2 aromatic heterocycles. The number of rotatable bonds is 2. The number of aryl methyl sites for hydroxylation is 2. The highest BCUT2D eigenvalue weighted by Crippen LogP contribution is 2.77. The zero-order valence-electron chi connectivity index (χ0n) is 24.2. The van der Waals surface area contributed by atoms with Gasteiger partial charge in [0.15, 0.2) is 0 Å². The van der Waals surface area contributed by atoms with Crippen LogP contribution in [0.2, 0.25) is 0 Å². The molecule has 4 saturated carbocycles. The lowest BCUT2D eigenvalue weighted by molar-refractivity contribution is -0.219. The van der Waals surface area contributed by atoms with Crippen molar-refractivity contribution < 1.29 is 19.2 Å². The largest absolute Gasteiger partial charge is 0.358 e. The SMILES string of the molecule is C#C[C@@H]1CN(C(=O)C23CC(C(=O)N4C[C@H]5[C@@H](C)[C@@]56C4=CC(=O)c4[nH]cc(C)c46)(C2)C3)C2=CC(=O)c3[nH]cc(C)c3[C@]21C. The maximum Gasteiger partial charge on any atom is 0.233 e. The number of nitrogens with one attached hydrogen (secondary N) is 2. The van der Waals surface area contributed by atoms with Crippen LogP contribution in [0.3, 0.4) is 0 Å². The van der Waals surface area contributed by atoms with Crippen LogP contribution in [-0.2, 0) is 20.4 Å². The van der Waals surface area contributed by atoms with Crippen LogP contribution in [0.5, 0.6) is 0 Å². The molecule has 5 atom stereocenters. The van der Waals surface area contributed by atoms with Gasteiger partial charge in [0.25, 0.3) is 0 Å². The van der Waals surface area contributed by atoms with E-state index in [1.54, 1.807) is 17.1 Å². The molecule has 6 aliphatic carbocycles. The first-order chi connectivity index (χ1) is 19.9. The fraction of sp³-hybridized carbons (Fsp3) is 0.471. The minimum Gasteiger partial charge on any atom is -0.358 e. The number of hydrogen-bond donors (Lipinski definition) is 2. The Morgan fingerprint density at radius 2 is 1.40 bits per heavy atom. The molecule has 8 heteroatoms. The van der Waals surface area contributed by atoms with Crippen molar-refractivity contribution in [3.05, 3.63) is 69.6 Å². The predicted octanol–water partition coefficient (Wildman–Crippen LogP) is 3.69. The summed E-state index contributed by atoms with van der Waals surface area (Å²) >= 11 is 0. The van der Waals surface area contributed by atoms with Crippen molar-refractivity contribution in [3.8, 4) is 12.3 Å². The summed E-state index contributed by atoms with van der Waals surface area (Å²) in [6.07, 6.45) is 14.5. The molecule has 4 heterocycles. The molecule has 10 rings (SSSR count). The molecule has 2 bridgehead atoms. The molecule has 0 aromatic carbocycles. The van der Waals surface area contributed by atoms with Crippen LogP contribution in [-0.4, -0.2) is 56.2 Å². The molecule has 0 unspecified atom stereocenters. The molecule has 8 aliphatic rings. The number of aromatic amines is 2. The summed E-state index contributed by atoms with van der Waals surface area (Å²) in [5, 5.41) is 0. The molecule has 2 N–H and O–H groups in total. The normalized spacial score (nSPS) is 39.5. The van der Waals surface area contributed by atoms with Gasteiger partial charge in [-0.1, -0.05) is 6.92 Å². The van der Waals surface area contributed by atoms with Crippen LogP contribution in [0.1, 0.15) is 76.3 Å². The third-order valence-electron chi connectivity index (χ3n) is 12.5. The average Bonchev–Trinajstić information content (AvgIpc) is 3.41. The van der Waals surface area contributed by atoms with Crippen molar-refractivity contribution in [2.75, 3.05) is 13.1 Å². The minimum absolute atomic E-state index is 0.0224. The van der Waals surface area contributed by atoms with Gasteiger partial charge in [-0.25, -0.2) is 0 Å². The van der Waals surface area contributed by atoms with Gasteiger partial charge >= 0.3 is 0 Å². The molecular formula is C34H32N4O4. The topological polar surface area (TPSA) is 106 Å². The molecular weight excluding hydrogens is 528 g/mol. The monoisotopic (exact) mass is 560 g/mol. The summed E-state index contributed by atoms with van der Waals surface area (Å²) in [5.41, 5.74) is 4.67. The van der Waals surface area contributed by atoms with Crippen molar-refractivity contribution in [2.45, 2.75) is 57.8 Å². The summed E-state index contributed by atoms with van der Waals surface area (Å²) < 4.78 is 0. The van der Waals surface area contributed by atoms with Gasteiger partial charge in [-0.2, -0.15) is 0 Å². The third kappa shape index (κ3) is 2.30. The summed E-state index contributed by atoms with van der Waals surface area (Å²) in [6.45, 7) is 9.24. The lowest BCUT2D eigenvalue weighted by Crippen LogP contribution is -2.72. The quantitative estimate of drug-likeness (QED) is 0.547. The van der Waals surface area contributed by atoms with E-state index in [2.05, 4.69) is 22.8 Å². The molecule has 1 spiro atoms. The number of piperidine rings is 1. The molecule has 42 heavy (non-hydrogen) atoms. The number of terminal acetylenes is 1. The highest BCUT2D eigenvalue weighted by Gasteiger charge is 2.79. The molecule has 2 amide bonds. The minimum atomic E-state index is -0.633. The third-order valence-corrected chi connectivity index (χ3v) is 12.5. The molecule has 2 aliphatic heterocycles. The van der Waals surface area contributed by atoms with Crippen LogP contribution in [0.25, 0.3) is 0 Å². The second kappa shape index (κ2) is 6.91. The van der Waals surface area contributed by atoms with E-state index in [0.29, 0.717) is 61.3 Å². The summed E-state index contributed by atoms with van der Waals surface area (Å²) in [5.74, 6) is 3.15. The van der Waals surface area contributed by atoms with Crippen molar-refractivity contribution in [2.24, 2.45) is 28.6 Å². The molecule has 0 radical (unpaired) electrons. The van der Waals surface area contributed by atoms with E-state index in [9.17, 15) is 19.2 Å². The Bertz CT molecular complexity index is 1840. The highest BCUT2D eigenvalue weighted by molar-refractivity contribution is 6.10. The second-order valence-electron chi connectivity index (χ2n) is 14.3. The second-order valence-corrected chi connectivity index (χ2v) is 14.3. The zero-order valence-corrected chi connectivity index (χ0v) is 24.2. The molecule has 212 valence electrons. The summed E-state index contributed by atoms with van der Waals surface area (Å²) in [4.78, 5) is 64.4. The fourth-order valence-electron chi connectivity index (χ4n) is 10.5. The zero-order chi connectivity index (χ0) is 29.3. The Morgan fingerprint density at radius 1 is 0.881 bits per heavy atom. The van der Waals surface area contributed by atoms with Gasteiger partial charge in [-0.15, -0.1) is 12.3 Å². The van der Waals surface area contributed by atoms with Gasteiger partial charge < -0.3 is 19.8 Å². The maximum absolute atomic E-state index is 14.2. The smallest absolute Gasteiger partial charge is 0.233 e. The number of fused-ring (bicyclic) bond motifs is 4. The Balaban J connectivity index is 0.991. The fourth-order valence-corrected chi connectivity index (χ4v) is 10.5. The standard InChI is InChI=1S/C34H32N4O4/c1-6-19-11-37(23-7-21(39)27-25(31(19,23)5)16(2)9-35-27)29(41)32-13-33(14-32,15-32)30(42)38-12-20-18(4)34(20)24(38)8-22(40)28-26(34)17(3)10-36-28/h1,7-10,18-20,35-36H,11-15H2,2-5H3/t18-,19-,20+,31+,32?,33?,34+/m1/s1. The number of carbonyl (C=O) groups excluding carboxylic acids is 4. The van der Waals surface area contributed by atoms with Gasteiger partial charge in [0.05, 0.1) is 33.6 Å². The highest BCUT2D eigenvalue weighted by atomic mass is 16.2. The van der Waals surface area contributed by atoms with Crippen molar-refractivity contribution >= 4 is 23.4 Å². The van der Waals surface area contributed by atoms with Gasteiger partial charge in [-0.05, 0) is 74.1 Å². The number of aromatic nitrogens is 2. The Kier molecular flexibility index (Phi) is 4.03. The van der Waals surface area contributed by atoms with E-state index in [1.165, 1.54) is 0 Å². The first-order valence-corrected chi connectivity index (χ1v) is 14.9. The Hall–Kier alpha value is -4.12. The van der Waals surface area contributed by atoms with E-state index in [0.717, 1.165) is 28.0 Å². The molecule has 6 fully saturated rings. The average molecular weight is 561 g/mol. The van der Waals surface area contributed by atoms with Crippen LogP contribution >= 0.6 is 0 Å². The van der Waals surface area contributed by atoms with E-state index in [-0.39, 0.29) is 34.7 Å². The van der Waals surface area contributed by atoms with Crippen molar-refractivity contribution in [3.63, 3.8) is 0 Å². The number of likely N-dealkylation sites (tertiary alicyclic amines) is 2. The lowest BCUT2D eigenvalue weighted by Gasteiger charge is -2.69. The van der Waals surface area contributed by atoms with Gasteiger partial charge in [0.2, 0.25) is 23.4 Å². The molecule has 8 nitrogen and oxygen atoms in total. The number of ketones is 2. The molecule has 2 saturated heterocycles. The van der Waals surface area contributed by atoms with Crippen molar-refractivity contribution in [1.82, 2.24) is 19.8 Å². The van der Waals surface area contributed by atoms with E-state index < -0.39 is 16.2 Å². The Morgan fingerprint density at radius 3 is 2.00 bits per heavy atom. The first kappa shape index (κ1) is 24.5. The number of nitrogens with zero attached hydrogens (tertiary/aromatic N) is 2. The maximum atomic E-state index is 14.2. The van der Waals surface area contributed by atoms with E-state index in [1.807, 2.05) is 38.1 Å². The van der Waals surface area contributed by atoms with Crippen LogP contribution < -0.4 is 0 Å². The number of amides is 2. The van der Waals surface area contributed by atoms with Gasteiger partial charge in [0, 0.05) is 54.4 Å². The van der Waals surface area contributed by atoms with Gasteiger partial charge in [-0.3, -0.25) is 19.2 Å². The number of hydrogen-bond acceptors (Lipinski definition) is 4.